The lowest BCUT2D eigenvalue weighted by molar-refractivity contribution is -0.134. The molecule has 1 atom stereocenters. The molecular weight excluding hydrogens is 602 g/mol. The molecule has 2 saturated heterocycles. The van der Waals surface area contributed by atoms with Crippen LogP contribution in [-0.4, -0.2) is 90.9 Å². The van der Waals surface area contributed by atoms with Crippen LogP contribution in [0.1, 0.15) is 24.0 Å². The molecule has 0 saturated carbocycles. The van der Waals surface area contributed by atoms with Gasteiger partial charge in [0.05, 0.1) is 11.4 Å². The molecule has 1 aromatic heterocycles. The minimum atomic E-state index is -1.73. The van der Waals surface area contributed by atoms with E-state index in [1.165, 1.54) is 23.4 Å². The molecule has 5 rings (SSSR count). The Bertz CT molecular complexity index is 1520. The van der Waals surface area contributed by atoms with Crippen LogP contribution in [0.25, 0.3) is 6.08 Å². The van der Waals surface area contributed by atoms with Crippen LogP contribution < -0.4 is 0 Å². The average molecular weight is 631 g/mol. The molecule has 2 aromatic carbocycles. The van der Waals surface area contributed by atoms with E-state index in [4.69, 9.17) is 11.6 Å². The van der Waals surface area contributed by atoms with E-state index in [0.29, 0.717) is 42.5 Å². The first-order chi connectivity index (χ1) is 20.6. The van der Waals surface area contributed by atoms with Gasteiger partial charge in [0.2, 0.25) is 5.91 Å². The highest BCUT2D eigenvalue weighted by atomic mass is 35.5. The SMILES string of the molecule is O=C(CCCN1C(=O)SC(=Cc2ccc(Cl)cc2)C1=O)N1CCN(CC(O)(Cn2cncn2)c2ccc(F)cc2F)CC1. The van der Waals surface area contributed by atoms with Crippen molar-refractivity contribution in [3.05, 3.63) is 87.8 Å². The summed E-state index contributed by atoms with van der Waals surface area (Å²) in [5.74, 6) is -2.10. The Balaban J connectivity index is 1.12. The summed E-state index contributed by atoms with van der Waals surface area (Å²) in [6, 6.07) is 9.98. The minimum Gasteiger partial charge on any atom is -0.382 e. The number of carbonyl (C=O) groups excluding carboxylic acids is 3. The molecule has 2 aliphatic heterocycles. The molecule has 10 nitrogen and oxygen atoms in total. The molecule has 43 heavy (non-hydrogen) atoms. The van der Waals surface area contributed by atoms with Gasteiger partial charge in [-0.2, -0.15) is 5.10 Å². The van der Waals surface area contributed by atoms with E-state index in [1.54, 1.807) is 35.2 Å². The van der Waals surface area contributed by atoms with E-state index in [9.17, 15) is 28.3 Å². The van der Waals surface area contributed by atoms with Crippen LogP contribution in [-0.2, 0) is 21.7 Å². The molecule has 0 aliphatic carbocycles. The number of rotatable bonds is 10. The maximum atomic E-state index is 14.7. The van der Waals surface area contributed by atoms with Crippen LogP contribution in [0, 0.1) is 11.6 Å². The highest BCUT2D eigenvalue weighted by Gasteiger charge is 2.37. The van der Waals surface area contributed by atoms with Crippen molar-refractivity contribution in [2.45, 2.75) is 25.0 Å². The summed E-state index contributed by atoms with van der Waals surface area (Å²) in [6.07, 6.45) is 4.84. The number of nitrogens with zero attached hydrogens (tertiary/aromatic N) is 6. The lowest BCUT2D eigenvalue weighted by Gasteiger charge is -2.39. The lowest BCUT2D eigenvalue weighted by atomic mass is 9.92. The summed E-state index contributed by atoms with van der Waals surface area (Å²) in [4.78, 5) is 47.1. The number of aliphatic hydroxyl groups is 1. The number of imide groups is 1. The van der Waals surface area contributed by atoms with Crippen LogP contribution in [0.4, 0.5) is 13.6 Å². The van der Waals surface area contributed by atoms with Crippen molar-refractivity contribution in [2.75, 3.05) is 39.3 Å². The number of piperazine rings is 1. The molecule has 1 N–H and O–H groups in total. The van der Waals surface area contributed by atoms with E-state index < -0.39 is 17.2 Å². The number of benzene rings is 2. The van der Waals surface area contributed by atoms with Gasteiger partial charge in [0, 0.05) is 62.3 Å². The van der Waals surface area contributed by atoms with Gasteiger partial charge in [-0.25, -0.2) is 18.4 Å². The fraction of sp³-hybridized carbons (Fsp3) is 0.345. The van der Waals surface area contributed by atoms with Gasteiger partial charge in [-0.05, 0) is 48.0 Å². The Hall–Kier alpha value is -3.65. The standard InChI is InChI=1S/C29H29ClF2N6O4S/c30-21-5-3-20(4-6-21)14-25-27(40)38(28(41)43-25)9-1-2-26(39)36-12-10-35(11-13-36)16-29(42,17-37-19-33-18-34-37)23-8-7-22(31)15-24(23)32/h3-8,14-15,18-19,42H,1-2,9-13,16-17H2. The smallest absolute Gasteiger partial charge is 0.293 e. The third-order valence-corrected chi connectivity index (χ3v) is 8.51. The molecule has 3 heterocycles. The Kier molecular flexibility index (Phi) is 9.55. The van der Waals surface area contributed by atoms with Gasteiger partial charge in [-0.15, -0.1) is 0 Å². The fourth-order valence-corrected chi connectivity index (χ4v) is 6.14. The summed E-state index contributed by atoms with van der Waals surface area (Å²) in [6.45, 7) is 1.68. The highest BCUT2D eigenvalue weighted by Crippen LogP contribution is 2.33. The van der Waals surface area contributed by atoms with Crippen molar-refractivity contribution in [3.63, 3.8) is 0 Å². The number of β-amino-alcohol motifs (C(OH)–C–C–N with tert-alkyl or cyclic N) is 1. The second-order valence-electron chi connectivity index (χ2n) is 10.4. The van der Waals surface area contributed by atoms with Crippen molar-refractivity contribution < 1.29 is 28.3 Å². The van der Waals surface area contributed by atoms with Crippen molar-refractivity contribution >= 4 is 46.5 Å². The number of thioether (sulfide) groups is 1. The number of hydrogen-bond donors (Lipinski definition) is 1. The molecule has 0 radical (unpaired) electrons. The molecule has 3 amide bonds. The van der Waals surface area contributed by atoms with Crippen LogP contribution in [0.3, 0.4) is 0 Å². The number of halogens is 3. The normalized spacial score (nSPS) is 18.5. The predicted octanol–water partition coefficient (Wildman–Crippen LogP) is 3.76. The molecule has 3 aromatic rings. The van der Waals surface area contributed by atoms with Crippen molar-refractivity contribution in [3.8, 4) is 0 Å². The van der Waals surface area contributed by atoms with Gasteiger partial charge >= 0.3 is 0 Å². The Morgan fingerprint density at radius 3 is 2.49 bits per heavy atom. The molecule has 14 heteroatoms. The largest absolute Gasteiger partial charge is 0.382 e. The number of amides is 3. The van der Waals surface area contributed by atoms with E-state index >= 15 is 0 Å². The number of carbonyl (C=O) groups is 3. The highest BCUT2D eigenvalue weighted by molar-refractivity contribution is 8.18. The molecule has 1 unspecified atom stereocenters. The summed E-state index contributed by atoms with van der Waals surface area (Å²) in [5.41, 5.74) is -1.03. The Morgan fingerprint density at radius 2 is 1.81 bits per heavy atom. The molecule has 2 aliphatic rings. The van der Waals surface area contributed by atoms with Gasteiger partial charge in [0.15, 0.2) is 0 Å². The molecular formula is C29H29ClF2N6O4S. The van der Waals surface area contributed by atoms with Crippen LogP contribution in [0.15, 0.2) is 60.0 Å². The summed E-state index contributed by atoms with van der Waals surface area (Å²) in [7, 11) is 0. The summed E-state index contributed by atoms with van der Waals surface area (Å²) >= 11 is 6.77. The summed E-state index contributed by atoms with van der Waals surface area (Å²) < 4.78 is 29.7. The zero-order valence-corrected chi connectivity index (χ0v) is 24.6. The lowest BCUT2D eigenvalue weighted by Crippen LogP contribution is -2.53. The monoisotopic (exact) mass is 630 g/mol. The van der Waals surface area contributed by atoms with Crippen LogP contribution in [0.2, 0.25) is 5.02 Å². The zero-order chi connectivity index (χ0) is 30.6. The van der Waals surface area contributed by atoms with Gasteiger partial charge < -0.3 is 10.0 Å². The first-order valence-corrected chi connectivity index (χ1v) is 14.8. The summed E-state index contributed by atoms with van der Waals surface area (Å²) in [5, 5.41) is 15.8. The molecule has 226 valence electrons. The second kappa shape index (κ2) is 13.3. The zero-order valence-electron chi connectivity index (χ0n) is 23.0. The molecule has 0 spiro atoms. The number of aromatic nitrogens is 3. The third kappa shape index (κ3) is 7.47. The van der Waals surface area contributed by atoms with Crippen molar-refractivity contribution in [1.29, 1.82) is 0 Å². The van der Waals surface area contributed by atoms with Gasteiger partial charge in [-0.1, -0.05) is 29.8 Å². The van der Waals surface area contributed by atoms with Gasteiger partial charge in [0.1, 0.15) is 29.9 Å². The molecule has 0 bridgehead atoms. The van der Waals surface area contributed by atoms with E-state index in [1.807, 2.05) is 4.90 Å². The number of hydrogen-bond acceptors (Lipinski definition) is 8. The van der Waals surface area contributed by atoms with Crippen molar-refractivity contribution in [2.24, 2.45) is 0 Å². The topological polar surface area (TPSA) is 112 Å². The first kappa shape index (κ1) is 30.8. The average Bonchev–Trinajstić information content (AvgIpc) is 3.57. The quantitative estimate of drug-likeness (QED) is 0.337. The second-order valence-corrected chi connectivity index (χ2v) is 11.8. The van der Waals surface area contributed by atoms with Crippen LogP contribution in [0.5, 0.6) is 0 Å². The Labute approximate surface area is 255 Å². The Morgan fingerprint density at radius 1 is 1.07 bits per heavy atom. The van der Waals surface area contributed by atoms with Gasteiger partial charge in [0.25, 0.3) is 11.1 Å². The predicted molar refractivity (Wildman–Crippen MR) is 157 cm³/mol. The third-order valence-electron chi connectivity index (χ3n) is 7.35. The van der Waals surface area contributed by atoms with E-state index in [0.717, 1.165) is 34.4 Å². The van der Waals surface area contributed by atoms with E-state index in [-0.39, 0.29) is 48.7 Å². The van der Waals surface area contributed by atoms with Crippen LogP contribution >= 0.6 is 23.4 Å². The molecule has 2 fully saturated rings. The van der Waals surface area contributed by atoms with Crippen molar-refractivity contribution in [1.82, 2.24) is 29.5 Å². The maximum absolute atomic E-state index is 14.7. The van der Waals surface area contributed by atoms with E-state index in [2.05, 4.69) is 10.1 Å². The maximum Gasteiger partial charge on any atom is 0.293 e. The fourth-order valence-electron chi connectivity index (χ4n) is 5.14. The minimum absolute atomic E-state index is 0.0279. The van der Waals surface area contributed by atoms with Gasteiger partial charge in [-0.3, -0.25) is 24.2 Å². The first-order valence-electron chi connectivity index (χ1n) is 13.6.